The summed E-state index contributed by atoms with van der Waals surface area (Å²) >= 11 is 0. The van der Waals surface area contributed by atoms with Gasteiger partial charge in [-0.15, -0.1) is 0 Å². The molecule has 0 N–H and O–H groups in total. The highest BCUT2D eigenvalue weighted by molar-refractivity contribution is 6.15. The van der Waals surface area contributed by atoms with Gasteiger partial charge in [-0.05, 0) is 60.4 Å². The Morgan fingerprint density at radius 1 is 0.607 bits per heavy atom. The van der Waals surface area contributed by atoms with Gasteiger partial charge in [0.2, 0.25) is 0 Å². The maximum Gasteiger partial charge on any atom is 0.185 e. The van der Waals surface area contributed by atoms with Crippen LogP contribution in [0.1, 0.15) is 24.0 Å². The van der Waals surface area contributed by atoms with Crippen LogP contribution in [0.3, 0.4) is 0 Å². The minimum absolute atomic E-state index is 0.102. The molecule has 0 unspecified atom stereocenters. The van der Waals surface area contributed by atoms with Crippen molar-refractivity contribution in [2.45, 2.75) is 12.8 Å². The van der Waals surface area contributed by atoms with Crippen LogP contribution in [0, 0.1) is 0 Å². The number of allylic oxidation sites excluding steroid dienone is 2. The van der Waals surface area contributed by atoms with Crippen LogP contribution in [0.2, 0.25) is 0 Å². The van der Waals surface area contributed by atoms with E-state index in [0.29, 0.717) is 26.4 Å². The molecule has 0 amide bonds. The second kappa shape index (κ2) is 7.08. The molecule has 142 valence electrons. The van der Waals surface area contributed by atoms with Gasteiger partial charge in [-0.3, -0.25) is 4.79 Å². The third-order valence-electron chi connectivity index (χ3n) is 5.06. The van der Waals surface area contributed by atoms with Crippen LogP contribution in [-0.2, 0) is 4.79 Å². The van der Waals surface area contributed by atoms with E-state index in [0.717, 1.165) is 58.1 Å². The maximum absolute atomic E-state index is 12.8. The number of hydrogen-bond acceptors (Lipinski definition) is 5. The Bertz CT molecular complexity index is 923. The molecule has 2 heterocycles. The number of carbonyl (C=O) groups is 1. The van der Waals surface area contributed by atoms with Gasteiger partial charge in [0.15, 0.2) is 28.8 Å². The van der Waals surface area contributed by atoms with Crippen molar-refractivity contribution in [1.29, 1.82) is 0 Å². The summed E-state index contributed by atoms with van der Waals surface area (Å²) in [7, 11) is 0. The van der Waals surface area contributed by atoms with E-state index in [4.69, 9.17) is 18.9 Å². The van der Waals surface area contributed by atoms with E-state index in [1.54, 1.807) is 0 Å². The number of ether oxygens (including phenoxy) is 4. The molecule has 0 atom stereocenters. The van der Waals surface area contributed by atoms with E-state index in [2.05, 4.69) is 0 Å². The lowest BCUT2D eigenvalue weighted by Gasteiger charge is -2.18. The molecular formula is C23H20O5. The first-order chi connectivity index (χ1) is 13.8. The Morgan fingerprint density at radius 3 is 1.50 bits per heavy atom. The zero-order valence-electron chi connectivity index (χ0n) is 15.4. The lowest BCUT2D eigenvalue weighted by atomic mass is 10.1. The van der Waals surface area contributed by atoms with Crippen LogP contribution in [0.25, 0.3) is 12.2 Å². The van der Waals surface area contributed by atoms with Gasteiger partial charge in [0.05, 0.1) is 0 Å². The van der Waals surface area contributed by atoms with Crippen LogP contribution in [0.15, 0.2) is 47.5 Å². The molecule has 5 rings (SSSR count). The predicted octanol–water partition coefficient (Wildman–Crippen LogP) is 4.06. The molecular weight excluding hydrogens is 356 g/mol. The summed E-state index contributed by atoms with van der Waals surface area (Å²) in [5.41, 5.74) is 3.54. The molecule has 28 heavy (non-hydrogen) atoms. The van der Waals surface area contributed by atoms with Gasteiger partial charge in [0.25, 0.3) is 0 Å². The van der Waals surface area contributed by atoms with Gasteiger partial charge in [-0.25, -0.2) is 0 Å². The Labute approximate surface area is 163 Å². The molecule has 5 nitrogen and oxygen atoms in total. The van der Waals surface area contributed by atoms with Crippen molar-refractivity contribution in [3.05, 3.63) is 58.7 Å². The number of benzene rings is 2. The number of Topliss-reactive ketones (excluding diaryl/α,β-unsaturated/α-hetero) is 1. The number of carbonyl (C=O) groups excluding carboxylic acids is 1. The molecule has 0 saturated heterocycles. The molecule has 2 aromatic rings. The van der Waals surface area contributed by atoms with E-state index in [-0.39, 0.29) is 5.78 Å². The fourth-order valence-electron chi connectivity index (χ4n) is 3.68. The Balaban J connectivity index is 1.38. The van der Waals surface area contributed by atoms with Gasteiger partial charge < -0.3 is 18.9 Å². The van der Waals surface area contributed by atoms with Crippen LogP contribution in [-0.4, -0.2) is 32.2 Å². The van der Waals surface area contributed by atoms with E-state index >= 15 is 0 Å². The zero-order chi connectivity index (χ0) is 18.9. The van der Waals surface area contributed by atoms with E-state index in [1.165, 1.54) is 0 Å². The monoisotopic (exact) mass is 376 g/mol. The summed E-state index contributed by atoms with van der Waals surface area (Å²) in [6.45, 7) is 2.24. The van der Waals surface area contributed by atoms with Crippen LogP contribution >= 0.6 is 0 Å². The summed E-state index contributed by atoms with van der Waals surface area (Å²) in [6, 6.07) is 11.6. The Morgan fingerprint density at radius 2 is 1.04 bits per heavy atom. The summed E-state index contributed by atoms with van der Waals surface area (Å²) in [5, 5.41) is 0. The van der Waals surface area contributed by atoms with Crippen molar-refractivity contribution < 1.29 is 23.7 Å². The average molecular weight is 376 g/mol. The average Bonchev–Trinajstić information content (AvgIpc) is 3.07. The van der Waals surface area contributed by atoms with Crippen molar-refractivity contribution in [3.8, 4) is 23.0 Å². The van der Waals surface area contributed by atoms with Gasteiger partial charge in [0, 0.05) is 11.1 Å². The van der Waals surface area contributed by atoms with Crippen molar-refractivity contribution in [3.63, 3.8) is 0 Å². The number of hydrogen-bond donors (Lipinski definition) is 0. The Kier molecular flexibility index (Phi) is 4.28. The van der Waals surface area contributed by atoms with E-state index < -0.39 is 0 Å². The van der Waals surface area contributed by atoms with Crippen molar-refractivity contribution in [1.82, 2.24) is 0 Å². The quantitative estimate of drug-likeness (QED) is 0.740. The summed E-state index contributed by atoms with van der Waals surface area (Å²) in [4.78, 5) is 12.8. The zero-order valence-corrected chi connectivity index (χ0v) is 15.4. The topological polar surface area (TPSA) is 54.0 Å². The fourth-order valence-corrected chi connectivity index (χ4v) is 3.68. The van der Waals surface area contributed by atoms with Crippen molar-refractivity contribution in [2.24, 2.45) is 0 Å². The molecule has 3 aliphatic rings. The largest absolute Gasteiger partial charge is 0.486 e. The predicted molar refractivity (Wildman–Crippen MR) is 105 cm³/mol. The second-order valence-corrected chi connectivity index (χ2v) is 6.97. The molecule has 0 aromatic heterocycles. The first-order valence-electron chi connectivity index (χ1n) is 9.51. The van der Waals surface area contributed by atoms with E-state index in [9.17, 15) is 4.79 Å². The smallest absolute Gasteiger partial charge is 0.185 e. The van der Waals surface area contributed by atoms with Crippen molar-refractivity contribution >= 4 is 17.9 Å². The minimum atomic E-state index is 0.102. The first-order valence-corrected chi connectivity index (χ1v) is 9.51. The maximum atomic E-state index is 12.8. The molecule has 1 fully saturated rings. The highest BCUT2D eigenvalue weighted by Crippen LogP contribution is 2.35. The third kappa shape index (κ3) is 3.24. The molecule has 0 radical (unpaired) electrons. The van der Waals surface area contributed by atoms with Crippen LogP contribution < -0.4 is 18.9 Å². The third-order valence-corrected chi connectivity index (χ3v) is 5.06. The summed E-state index contributed by atoms with van der Waals surface area (Å²) in [6.07, 6.45) is 5.38. The molecule has 2 aliphatic heterocycles. The van der Waals surface area contributed by atoms with Gasteiger partial charge in [-0.2, -0.15) is 0 Å². The molecule has 0 spiro atoms. The summed E-state index contributed by atoms with van der Waals surface area (Å²) in [5.74, 6) is 3.08. The minimum Gasteiger partial charge on any atom is -0.486 e. The molecule has 1 saturated carbocycles. The molecule has 0 bridgehead atoms. The molecule has 2 aromatic carbocycles. The van der Waals surface area contributed by atoms with E-state index in [1.807, 2.05) is 48.6 Å². The van der Waals surface area contributed by atoms with Gasteiger partial charge >= 0.3 is 0 Å². The molecule has 5 heteroatoms. The normalized spacial score (nSPS) is 20.6. The van der Waals surface area contributed by atoms with Crippen LogP contribution in [0.5, 0.6) is 23.0 Å². The molecule has 1 aliphatic carbocycles. The van der Waals surface area contributed by atoms with Gasteiger partial charge in [-0.1, -0.05) is 12.1 Å². The Hall–Kier alpha value is -3.21. The lowest BCUT2D eigenvalue weighted by Crippen LogP contribution is -2.15. The lowest BCUT2D eigenvalue weighted by molar-refractivity contribution is -0.111. The van der Waals surface area contributed by atoms with Gasteiger partial charge in [0.1, 0.15) is 26.4 Å². The SMILES string of the molecule is O=C1C(=Cc2ccc3c(c2)OCCO3)CCC1=Cc1ccc2c(c1)OCCO2. The number of fused-ring (bicyclic) bond motifs is 2. The first kappa shape index (κ1) is 16.9. The van der Waals surface area contributed by atoms with Crippen molar-refractivity contribution in [2.75, 3.05) is 26.4 Å². The fraction of sp³-hybridized carbons (Fsp3) is 0.261. The highest BCUT2D eigenvalue weighted by Gasteiger charge is 2.23. The number of ketones is 1. The number of rotatable bonds is 2. The van der Waals surface area contributed by atoms with Crippen LogP contribution in [0.4, 0.5) is 0 Å². The highest BCUT2D eigenvalue weighted by atomic mass is 16.6. The standard InChI is InChI=1S/C23H20O5/c24-23-17(11-15-1-5-19-21(13-15)27-9-7-25-19)3-4-18(23)12-16-2-6-20-22(14-16)28-10-8-26-20/h1-2,5-6,11-14H,3-4,7-10H2. The summed E-state index contributed by atoms with van der Waals surface area (Å²) < 4.78 is 22.4. The second-order valence-electron chi connectivity index (χ2n) is 6.97.